The molecule has 1 fully saturated rings. The van der Waals surface area contributed by atoms with E-state index in [1.807, 2.05) is 6.92 Å². The molecule has 12 heteroatoms. The number of nitrogen functional groups attached to an aromatic ring is 1. The van der Waals surface area contributed by atoms with Crippen LogP contribution in [0.2, 0.25) is 5.02 Å². The second kappa shape index (κ2) is 8.72. The Kier molecular flexibility index (Phi) is 6.42. The number of hydrogen-bond acceptors (Lipinski definition) is 7. The lowest BCUT2D eigenvalue weighted by Gasteiger charge is -2.23. The van der Waals surface area contributed by atoms with Gasteiger partial charge in [0.05, 0.1) is 40.9 Å². The van der Waals surface area contributed by atoms with Gasteiger partial charge in [-0.05, 0) is 26.8 Å². The number of halogens is 3. The number of rotatable bonds is 5. The summed E-state index contributed by atoms with van der Waals surface area (Å²) in [6.07, 6.45) is -0.131. The number of carbonyl (C=O) groups excluding carboxylic acids is 1. The van der Waals surface area contributed by atoms with Crippen molar-refractivity contribution in [1.29, 1.82) is 0 Å². The van der Waals surface area contributed by atoms with E-state index in [0.717, 1.165) is 0 Å². The smallest absolute Gasteiger partial charge is 0.407 e. The first kappa shape index (κ1) is 22.8. The van der Waals surface area contributed by atoms with Crippen LogP contribution in [0.5, 0.6) is 5.75 Å². The van der Waals surface area contributed by atoms with Gasteiger partial charge in [-0.25, -0.2) is 23.8 Å². The normalized spacial score (nSPS) is 16.5. The van der Waals surface area contributed by atoms with Crippen LogP contribution in [-0.2, 0) is 4.74 Å². The summed E-state index contributed by atoms with van der Waals surface area (Å²) >= 11 is 6.22. The molecule has 0 saturated carbocycles. The third-order valence-corrected chi connectivity index (χ3v) is 5.31. The standard InChI is InChI=1S/C19H20ClFN6O3.ClH/c1-4-29-16-10(5-11(20)15(21)14(16)12-6-23-19(28)30-12)9(3)27-18-13(8(2)26-27)17(22)24-7-25-18;/h5,7,9,12H,4,6H2,1-3H3,(H,23,28)(H2,22,24,25);1H/t9?,12-;/m0./s1. The van der Waals surface area contributed by atoms with Crippen molar-refractivity contribution in [1.82, 2.24) is 25.1 Å². The van der Waals surface area contributed by atoms with E-state index >= 15 is 4.39 Å². The van der Waals surface area contributed by atoms with Gasteiger partial charge in [-0.1, -0.05) is 11.6 Å². The molecular formula is C19H21Cl2FN6O3. The SMILES string of the molecule is CCOc1c(C(C)n2nc(C)c3c(N)ncnc32)cc(Cl)c(F)c1[C@@H]1CNC(=O)O1.Cl. The summed E-state index contributed by atoms with van der Waals surface area (Å²) in [5.41, 5.74) is 7.85. The van der Waals surface area contributed by atoms with Gasteiger partial charge in [0.1, 0.15) is 17.9 Å². The van der Waals surface area contributed by atoms with Crippen molar-refractivity contribution in [2.75, 3.05) is 18.9 Å². The van der Waals surface area contributed by atoms with Crippen LogP contribution in [0.25, 0.3) is 11.0 Å². The molecular weight excluding hydrogens is 450 g/mol. The molecule has 166 valence electrons. The van der Waals surface area contributed by atoms with Crippen LogP contribution >= 0.6 is 24.0 Å². The molecule has 3 aromatic rings. The zero-order valence-electron chi connectivity index (χ0n) is 17.0. The van der Waals surface area contributed by atoms with Crippen LogP contribution in [0.15, 0.2) is 12.4 Å². The number of benzene rings is 1. The van der Waals surface area contributed by atoms with E-state index in [9.17, 15) is 4.79 Å². The maximum absolute atomic E-state index is 15.0. The molecule has 9 nitrogen and oxygen atoms in total. The van der Waals surface area contributed by atoms with Gasteiger partial charge >= 0.3 is 6.09 Å². The molecule has 1 unspecified atom stereocenters. The minimum atomic E-state index is -0.863. The highest BCUT2D eigenvalue weighted by Gasteiger charge is 2.34. The van der Waals surface area contributed by atoms with Crippen molar-refractivity contribution >= 4 is 47.0 Å². The number of hydrogen-bond donors (Lipinski definition) is 2. The lowest BCUT2D eigenvalue weighted by atomic mass is 9.99. The Labute approximate surface area is 188 Å². The molecule has 1 aliphatic rings. The largest absolute Gasteiger partial charge is 0.493 e. The highest BCUT2D eigenvalue weighted by atomic mass is 35.5. The van der Waals surface area contributed by atoms with E-state index in [4.69, 9.17) is 26.8 Å². The highest BCUT2D eigenvalue weighted by Crippen LogP contribution is 2.42. The second-order valence-corrected chi connectivity index (χ2v) is 7.28. The van der Waals surface area contributed by atoms with Gasteiger partial charge < -0.3 is 20.5 Å². The number of nitrogens with zero attached hydrogens (tertiary/aromatic N) is 4. The average molecular weight is 471 g/mol. The molecule has 0 spiro atoms. The van der Waals surface area contributed by atoms with E-state index in [-0.39, 0.29) is 41.9 Å². The van der Waals surface area contributed by atoms with Crippen LogP contribution in [-0.4, -0.2) is 39.0 Å². The van der Waals surface area contributed by atoms with E-state index in [1.165, 1.54) is 12.4 Å². The Hall–Kier alpha value is -2.85. The Balaban J connectivity index is 0.00000272. The minimum absolute atomic E-state index is 0. The lowest BCUT2D eigenvalue weighted by Crippen LogP contribution is -2.16. The van der Waals surface area contributed by atoms with E-state index in [1.54, 1.807) is 18.5 Å². The average Bonchev–Trinajstić information content (AvgIpc) is 3.28. The summed E-state index contributed by atoms with van der Waals surface area (Å²) in [4.78, 5) is 19.9. The maximum Gasteiger partial charge on any atom is 0.407 e. The van der Waals surface area contributed by atoms with Crippen LogP contribution in [0.4, 0.5) is 15.0 Å². The van der Waals surface area contributed by atoms with Crippen molar-refractivity contribution in [3.05, 3.63) is 40.1 Å². The molecule has 2 atom stereocenters. The molecule has 4 rings (SSSR count). The first-order chi connectivity index (χ1) is 14.3. The van der Waals surface area contributed by atoms with Gasteiger partial charge in [0.2, 0.25) is 0 Å². The summed E-state index contributed by atoms with van der Waals surface area (Å²) in [7, 11) is 0. The Bertz CT molecular complexity index is 1160. The van der Waals surface area contributed by atoms with Crippen molar-refractivity contribution in [3.8, 4) is 5.75 Å². The summed E-state index contributed by atoms with van der Waals surface area (Å²) in [6.45, 7) is 5.83. The summed E-state index contributed by atoms with van der Waals surface area (Å²) in [5, 5.41) is 7.62. The fourth-order valence-electron chi connectivity index (χ4n) is 3.67. The third kappa shape index (κ3) is 3.81. The number of nitrogens with one attached hydrogen (secondary N) is 1. The van der Waals surface area contributed by atoms with Crippen LogP contribution in [0.1, 0.15) is 42.8 Å². The van der Waals surface area contributed by atoms with Crippen molar-refractivity contribution < 1.29 is 18.7 Å². The molecule has 0 radical (unpaired) electrons. The van der Waals surface area contributed by atoms with Crippen LogP contribution in [0, 0.1) is 12.7 Å². The number of nitrogens with two attached hydrogens (primary N) is 1. The monoisotopic (exact) mass is 470 g/mol. The molecule has 0 bridgehead atoms. The molecule has 1 aromatic carbocycles. The molecule has 1 aliphatic heterocycles. The molecule has 3 N–H and O–H groups in total. The molecule has 0 aliphatic carbocycles. The van der Waals surface area contributed by atoms with Gasteiger partial charge in [0, 0.05) is 5.56 Å². The quantitative estimate of drug-likeness (QED) is 0.583. The highest BCUT2D eigenvalue weighted by molar-refractivity contribution is 6.31. The molecule has 1 saturated heterocycles. The number of cyclic esters (lactones) is 1. The summed E-state index contributed by atoms with van der Waals surface area (Å²) in [5.74, 6) is -0.106. The number of ether oxygens (including phenoxy) is 2. The van der Waals surface area contributed by atoms with Crippen LogP contribution in [0.3, 0.4) is 0 Å². The zero-order valence-corrected chi connectivity index (χ0v) is 18.6. The summed E-state index contributed by atoms with van der Waals surface area (Å²) in [6, 6.07) is 1.05. The van der Waals surface area contributed by atoms with Gasteiger partial charge in [-0.2, -0.15) is 5.10 Å². The first-order valence-corrected chi connectivity index (χ1v) is 9.75. The Morgan fingerprint density at radius 2 is 2.23 bits per heavy atom. The number of carbonyl (C=O) groups is 1. The number of fused-ring (bicyclic) bond motifs is 1. The van der Waals surface area contributed by atoms with Crippen molar-refractivity contribution in [2.24, 2.45) is 0 Å². The topological polar surface area (TPSA) is 117 Å². The Morgan fingerprint density at radius 1 is 1.48 bits per heavy atom. The number of aryl methyl sites for hydroxylation is 1. The second-order valence-electron chi connectivity index (χ2n) is 6.88. The Morgan fingerprint density at radius 3 is 2.87 bits per heavy atom. The van der Waals surface area contributed by atoms with Crippen molar-refractivity contribution in [2.45, 2.75) is 32.9 Å². The van der Waals surface area contributed by atoms with Crippen molar-refractivity contribution in [3.63, 3.8) is 0 Å². The number of anilines is 1. The van der Waals surface area contributed by atoms with E-state index in [0.29, 0.717) is 28.1 Å². The van der Waals surface area contributed by atoms with Crippen LogP contribution < -0.4 is 15.8 Å². The molecule has 1 amide bonds. The van der Waals surface area contributed by atoms with Gasteiger partial charge in [0.15, 0.2) is 17.6 Å². The van der Waals surface area contributed by atoms with Gasteiger partial charge in [-0.15, -0.1) is 12.4 Å². The fourth-order valence-corrected chi connectivity index (χ4v) is 3.89. The predicted molar refractivity (Wildman–Crippen MR) is 115 cm³/mol. The minimum Gasteiger partial charge on any atom is -0.493 e. The number of aromatic nitrogens is 4. The molecule has 3 heterocycles. The molecule has 2 aromatic heterocycles. The van der Waals surface area contributed by atoms with E-state index in [2.05, 4.69) is 20.4 Å². The zero-order chi connectivity index (χ0) is 21.6. The third-order valence-electron chi connectivity index (χ3n) is 5.04. The first-order valence-electron chi connectivity index (χ1n) is 9.37. The molecule has 31 heavy (non-hydrogen) atoms. The maximum atomic E-state index is 15.0. The van der Waals surface area contributed by atoms with Gasteiger partial charge in [0.25, 0.3) is 0 Å². The predicted octanol–water partition coefficient (Wildman–Crippen LogP) is 3.72. The number of alkyl carbamates (subject to hydrolysis) is 1. The lowest BCUT2D eigenvalue weighted by molar-refractivity contribution is 0.137. The van der Waals surface area contributed by atoms with E-state index < -0.39 is 24.1 Å². The van der Waals surface area contributed by atoms with Gasteiger partial charge in [-0.3, -0.25) is 0 Å². The summed E-state index contributed by atoms with van der Waals surface area (Å²) < 4.78 is 27.7. The number of amides is 1. The fraction of sp³-hybridized carbons (Fsp3) is 0.368.